The fraction of sp³-hybridized carbons (Fsp3) is 0.125. The van der Waals surface area contributed by atoms with Gasteiger partial charge < -0.3 is 10.3 Å². The van der Waals surface area contributed by atoms with E-state index in [1.807, 2.05) is 19.3 Å². The largest absolute Gasteiger partial charge is 0.359 e. The molecule has 0 amide bonds. The molecule has 0 aromatic carbocycles. The van der Waals surface area contributed by atoms with Gasteiger partial charge in [-0.3, -0.25) is 0 Å². The lowest BCUT2D eigenvalue weighted by Crippen LogP contribution is -1.88. The third-order valence-corrected chi connectivity index (χ3v) is 3.31. The Balaban J connectivity index is 2.35. The minimum absolute atomic E-state index is 0.791. The molecule has 0 spiro atoms. The second kappa shape index (κ2) is 3.51. The number of rotatable bonds is 2. The van der Waals surface area contributed by atoms with Gasteiger partial charge in [0.1, 0.15) is 0 Å². The number of aromatic nitrogens is 2. The monoisotopic (exact) mass is 257 g/mol. The van der Waals surface area contributed by atoms with Crippen LogP contribution in [0.15, 0.2) is 22.1 Å². The highest BCUT2D eigenvalue weighted by atomic mass is 79.9. The van der Waals surface area contributed by atoms with Crippen molar-refractivity contribution in [1.29, 1.82) is 0 Å². The van der Waals surface area contributed by atoms with Crippen LogP contribution >= 0.6 is 27.3 Å². The summed E-state index contributed by atoms with van der Waals surface area (Å²) in [7, 11) is 1.84. The van der Waals surface area contributed by atoms with Crippen molar-refractivity contribution in [1.82, 2.24) is 9.97 Å². The Morgan fingerprint density at radius 1 is 1.54 bits per heavy atom. The van der Waals surface area contributed by atoms with Crippen molar-refractivity contribution in [3.63, 3.8) is 0 Å². The van der Waals surface area contributed by atoms with E-state index >= 15 is 0 Å². The van der Waals surface area contributed by atoms with Crippen LogP contribution in [0.3, 0.4) is 0 Å². The summed E-state index contributed by atoms with van der Waals surface area (Å²) in [6.45, 7) is 0. The molecule has 0 radical (unpaired) electrons. The summed E-state index contributed by atoms with van der Waals surface area (Å²) < 4.78 is 1.13. The first-order chi connectivity index (χ1) is 6.29. The molecule has 3 nitrogen and oxygen atoms in total. The van der Waals surface area contributed by atoms with E-state index in [1.54, 1.807) is 11.3 Å². The SMILES string of the molecule is CNc1ncc(-c2ccc(Br)s2)[nH]1. The van der Waals surface area contributed by atoms with E-state index in [1.165, 1.54) is 4.88 Å². The maximum Gasteiger partial charge on any atom is 0.200 e. The summed E-state index contributed by atoms with van der Waals surface area (Å²) in [5, 5.41) is 2.95. The minimum Gasteiger partial charge on any atom is -0.359 e. The lowest BCUT2D eigenvalue weighted by molar-refractivity contribution is 1.26. The standard InChI is InChI=1S/C8H8BrN3S/c1-10-8-11-4-5(12-8)6-2-3-7(9)13-6/h2-4H,1H3,(H2,10,11,12). The van der Waals surface area contributed by atoms with Gasteiger partial charge in [-0.05, 0) is 28.1 Å². The van der Waals surface area contributed by atoms with Crippen LogP contribution in [-0.4, -0.2) is 17.0 Å². The van der Waals surface area contributed by atoms with Crippen LogP contribution in [-0.2, 0) is 0 Å². The van der Waals surface area contributed by atoms with Crippen molar-refractivity contribution in [2.24, 2.45) is 0 Å². The highest BCUT2D eigenvalue weighted by Crippen LogP contribution is 2.30. The quantitative estimate of drug-likeness (QED) is 0.869. The van der Waals surface area contributed by atoms with E-state index in [0.29, 0.717) is 0 Å². The molecule has 2 aromatic heterocycles. The molecule has 0 bridgehead atoms. The number of halogens is 1. The van der Waals surface area contributed by atoms with Crippen molar-refractivity contribution in [2.75, 3.05) is 12.4 Å². The summed E-state index contributed by atoms with van der Waals surface area (Å²) in [6, 6.07) is 4.08. The molecule has 2 heterocycles. The first kappa shape index (κ1) is 8.77. The number of thiophene rings is 1. The molecule has 0 aliphatic heterocycles. The molecule has 0 atom stereocenters. The van der Waals surface area contributed by atoms with E-state index in [9.17, 15) is 0 Å². The van der Waals surface area contributed by atoms with Gasteiger partial charge in [-0.2, -0.15) is 0 Å². The molecule has 0 fully saturated rings. The summed E-state index contributed by atoms with van der Waals surface area (Å²) >= 11 is 5.10. The third kappa shape index (κ3) is 1.76. The molecule has 2 rings (SSSR count). The Kier molecular flexibility index (Phi) is 2.37. The van der Waals surface area contributed by atoms with Gasteiger partial charge in [-0.15, -0.1) is 11.3 Å². The predicted octanol–water partition coefficient (Wildman–Crippen LogP) is 2.94. The predicted molar refractivity (Wildman–Crippen MR) is 59.1 cm³/mol. The van der Waals surface area contributed by atoms with Crippen LogP contribution in [0.25, 0.3) is 10.6 Å². The Morgan fingerprint density at radius 3 is 2.92 bits per heavy atom. The van der Waals surface area contributed by atoms with Crippen molar-refractivity contribution in [3.8, 4) is 10.6 Å². The van der Waals surface area contributed by atoms with Gasteiger partial charge in [0.15, 0.2) is 5.95 Å². The zero-order valence-corrected chi connectivity index (χ0v) is 9.37. The normalized spacial score (nSPS) is 10.3. The van der Waals surface area contributed by atoms with Gasteiger partial charge in [0.25, 0.3) is 0 Å². The molecule has 0 saturated heterocycles. The summed E-state index contributed by atoms with van der Waals surface area (Å²) in [6.07, 6.45) is 1.82. The molecule has 0 aliphatic carbocycles. The van der Waals surface area contributed by atoms with Crippen molar-refractivity contribution < 1.29 is 0 Å². The molecular formula is C8H8BrN3S. The van der Waals surface area contributed by atoms with E-state index in [0.717, 1.165) is 15.4 Å². The molecule has 5 heteroatoms. The van der Waals surface area contributed by atoms with E-state index < -0.39 is 0 Å². The van der Waals surface area contributed by atoms with Gasteiger partial charge in [0.2, 0.25) is 0 Å². The lowest BCUT2D eigenvalue weighted by Gasteiger charge is -1.90. The van der Waals surface area contributed by atoms with Crippen LogP contribution in [0.4, 0.5) is 5.95 Å². The zero-order valence-electron chi connectivity index (χ0n) is 6.97. The first-order valence-electron chi connectivity index (χ1n) is 3.78. The maximum absolute atomic E-state index is 4.15. The number of hydrogen-bond donors (Lipinski definition) is 2. The number of nitrogens with one attached hydrogen (secondary N) is 2. The number of anilines is 1. The summed E-state index contributed by atoms with van der Waals surface area (Å²) in [5.74, 6) is 0.791. The minimum atomic E-state index is 0.791. The second-order valence-corrected chi connectivity index (χ2v) is 4.96. The second-order valence-electron chi connectivity index (χ2n) is 2.50. The Bertz CT molecular complexity index is 407. The van der Waals surface area contributed by atoms with Crippen LogP contribution in [0.5, 0.6) is 0 Å². The van der Waals surface area contributed by atoms with E-state index in [-0.39, 0.29) is 0 Å². The maximum atomic E-state index is 4.15. The topological polar surface area (TPSA) is 40.7 Å². The molecular weight excluding hydrogens is 250 g/mol. The Morgan fingerprint density at radius 2 is 2.38 bits per heavy atom. The Hall–Kier alpha value is -0.810. The van der Waals surface area contributed by atoms with Gasteiger partial charge in [0.05, 0.1) is 20.6 Å². The molecule has 13 heavy (non-hydrogen) atoms. The van der Waals surface area contributed by atoms with E-state index in [4.69, 9.17) is 0 Å². The highest BCUT2D eigenvalue weighted by Gasteiger charge is 2.03. The summed E-state index contributed by atoms with van der Waals surface area (Å²) in [4.78, 5) is 8.49. The number of aromatic amines is 1. The first-order valence-corrected chi connectivity index (χ1v) is 5.39. The molecule has 0 aliphatic rings. The fourth-order valence-electron chi connectivity index (χ4n) is 1.03. The highest BCUT2D eigenvalue weighted by molar-refractivity contribution is 9.11. The van der Waals surface area contributed by atoms with Gasteiger partial charge in [0, 0.05) is 7.05 Å². The van der Waals surface area contributed by atoms with Gasteiger partial charge in [-0.25, -0.2) is 4.98 Å². The lowest BCUT2D eigenvalue weighted by atomic mass is 10.4. The van der Waals surface area contributed by atoms with Crippen molar-refractivity contribution in [2.45, 2.75) is 0 Å². The smallest absolute Gasteiger partial charge is 0.200 e. The average molecular weight is 258 g/mol. The average Bonchev–Trinajstić information content (AvgIpc) is 2.71. The third-order valence-electron chi connectivity index (χ3n) is 1.65. The number of hydrogen-bond acceptors (Lipinski definition) is 3. The van der Waals surface area contributed by atoms with Gasteiger partial charge in [-0.1, -0.05) is 0 Å². The summed E-state index contributed by atoms with van der Waals surface area (Å²) in [5.41, 5.74) is 1.04. The molecule has 68 valence electrons. The molecule has 2 aromatic rings. The molecule has 0 saturated carbocycles. The number of nitrogens with zero attached hydrogens (tertiary/aromatic N) is 1. The number of H-pyrrole nitrogens is 1. The zero-order chi connectivity index (χ0) is 9.26. The van der Waals surface area contributed by atoms with Crippen molar-refractivity contribution >= 4 is 33.2 Å². The van der Waals surface area contributed by atoms with Crippen LogP contribution in [0, 0.1) is 0 Å². The van der Waals surface area contributed by atoms with Crippen LogP contribution in [0.2, 0.25) is 0 Å². The van der Waals surface area contributed by atoms with Crippen LogP contribution in [0.1, 0.15) is 0 Å². The Labute approximate surface area is 88.3 Å². The fourth-order valence-corrected chi connectivity index (χ4v) is 2.38. The van der Waals surface area contributed by atoms with Gasteiger partial charge >= 0.3 is 0 Å². The number of imidazole rings is 1. The van der Waals surface area contributed by atoms with Crippen molar-refractivity contribution in [3.05, 3.63) is 22.1 Å². The molecule has 2 N–H and O–H groups in total. The molecule has 0 unspecified atom stereocenters. The van der Waals surface area contributed by atoms with Crippen LogP contribution < -0.4 is 5.32 Å². The van der Waals surface area contributed by atoms with E-state index in [2.05, 4.69) is 37.3 Å².